The van der Waals surface area contributed by atoms with Crippen LogP contribution in [0.2, 0.25) is 0 Å². The number of oxazole rings is 1. The van der Waals surface area contributed by atoms with Crippen LogP contribution in [-0.2, 0) is 4.74 Å². The normalized spacial score (nSPS) is 15.0. The van der Waals surface area contributed by atoms with Gasteiger partial charge in [0.05, 0.1) is 0 Å². The van der Waals surface area contributed by atoms with Gasteiger partial charge in [-0.2, -0.15) is 0 Å². The predicted molar refractivity (Wildman–Crippen MR) is 75.2 cm³/mol. The van der Waals surface area contributed by atoms with E-state index in [1.807, 2.05) is 57.2 Å². The van der Waals surface area contributed by atoms with Crippen molar-refractivity contribution in [1.29, 1.82) is 0 Å². The van der Waals surface area contributed by atoms with Crippen LogP contribution < -0.4 is 0 Å². The molecule has 0 fully saturated rings. The van der Waals surface area contributed by atoms with E-state index in [1.54, 1.807) is 0 Å². The topological polar surface area (TPSA) is 35.3 Å². The summed E-state index contributed by atoms with van der Waals surface area (Å²) in [6, 6.07) is 7.78. The molecule has 0 saturated carbocycles. The zero-order chi connectivity index (χ0) is 13.4. The van der Waals surface area contributed by atoms with Crippen molar-refractivity contribution in [2.45, 2.75) is 20.8 Å². The van der Waals surface area contributed by atoms with Gasteiger partial charge in [0.1, 0.15) is 17.0 Å². The predicted octanol–water partition coefficient (Wildman–Crippen LogP) is 4.44. The van der Waals surface area contributed by atoms with Gasteiger partial charge in [0.15, 0.2) is 5.58 Å². The Labute approximate surface area is 111 Å². The van der Waals surface area contributed by atoms with Crippen LogP contribution in [0.1, 0.15) is 26.7 Å². The van der Waals surface area contributed by atoms with Crippen LogP contribution in [0.15, 0.2) is 57.9 Å². The lowest BCUT2D eigenvalue weighted by atomic mass is 10.1. The molecule has 0 N–H and O–H groups in total. The molecule has 19 heavy (non-hydrogen) atoms. The van der Waals surface area contributed by atoms with E-state index in [2.05, 4.69) is 4.98 Å². The van der Waals surface area contributed by atoms with Gasteiger partial charge in [-0.15, -0.1) is 0 Å². The smallest absolute Gasteiger partial charge is 0.223 e. The second kappa shape index (κ2) is 4.43. The van der Waals surface area contributed by atoms with Crippen molar-refractivity contribution in [2.24, 2.45) is 0 Å². The molecule has 2 aromatic rings. The second-order valence-electron chi connectivity index (χ2n) is 4.68. The summed E-state index contributed by atoms with van der Waals surface area (Å²) in [4.78, 5) is 4.51. The molecule has 3 heteroatoms. The first-order valence-corrected chi connectivity index (χ1v) is 6.25. The number of hydrogen-bond acceptors (Lipinski definition) is 3. The van der Waals surface area contributed by atoms with Crippen molar-refractivity contribution < 1.29 is 9.15 Å². The fraction of sp³-hybridized carbons (Fsp3) is 0.188. The third kappa shape index (κ3) is 2.19. The zero-order valence-corrected chi connectivity index (χ0v) is 11.2. The molecule has 2 heterocycles. The van der Waals surface area contributed by atoms with Crippen LogP contribution in [0.3, 0.4) is 0 Å². The Morgan fingerprint density at radius 1 is 1.05 bits per heavy atom. The van der Waals surface area contributed by atoms with Crippen molar-refractivity contribution in [3.05, 3.63) is 59.4 Å². The molecule has 0 amide bonds. The molecule has 0 unspecified atom stereocenters. The van der Waals surface area contributed by atoms with Gasteiger partial charge in [0, 0.05) is 5.57 Å². The molecular formula is C16H15NO2. The van der Waals surface area contributed by atoms with Crippen molar-refractivity contribution in [3.8, 4) is 0 Å². The summed E-state index contributed by atoms with van der Waals surface area (Å²) in [6.07, 6.45) is 3.99. The molecule has 0 bridgehead atoms. The highest BCUT2D eigenvalue weighted by Crippen LogP contribution is 2.27. The summed E-state index contributed by atoms with van der Waals surface area (Å²) in [5, 5.41) is 0. The molecule has 1 aromatic heterocycles. The number of para-hydroxylation sites is 2. The summed E-state index contributed by atoms with van der Waals surface area (Å²) in [6.45, 7) is 5.89. The van der Waals surface area contributed by atoms with Crippen LogP contribution >= 0.6 is 0 Å². The molecule has 0 atom stereocenters. The molecule has 1 aliphatic rings. The maximum atomic E-state index is 5.79. The first-order valence-electron chi connectivity index (χ1n) is 6.25. The highest BCUT2D eigenvalue weighted by molar-refractivity contribution is 5.77. The van der Waals surface area contributed by atoms with Gasteiger partial charge in [0.25, 0.3) is 0 Å². The Hall–Kier alpha value is -2.29. The highest BCUT2D eigenvalue weighted by atomic mass is 16.5. The number of ether oxygens (including phenoxy) is 1. The van der Waals surface area contributed by atoms with Gasteiger partial charge >= 0.3 is 0 Å². The summed E-state index contributed by atoms with van der Waals surface area (Å²) >= 11 is 0. The first kappa shape index (κ1) is 11.8. The number of fused-ring (bicyclic) bond motifs is 1. The minimum Gasteiger partial charge on any atom is -0.467 e. The standard InChI is InChI=1S/C16H15NO2/c1-10-8-13(9-11(2)18-10)12(3)16-17-14-6-4-5-7-15(14)19-16/h4-9H,1-3H3. The Morgan fingerprint density at radius 2 is 1.74 bits per heavy atom. The van der Waals surface area contributed by atoms with Gasteiger partial charge in [0.2, 0.25) is 5.89 Å². The number of hydrogen-bond donors (Lipinski definition) is 0. The lowest BCUT2D eigenvalue weighted by molar-refractivity contribution is 0.304. The molecule has 1 aromatic carbocycles. The number of allylic oxidation sites excluding steroid dienone is 6. The van der Waals surface area contributed by atoms with Crippen molar-refractivity contribution in [1.82, 2.24) is 4.98 Å². The summed E-state index contributed by atoms with van der Waals surface area (Å²) in [5.41, 5.74) is 3.78. The fourth-order valence-corrected chi connectivity index (χ4v) is 2.17. The number of rotatable bonds is 1. The maximum absolute atomic E-state index is 5.79. The monoisotopic (exact) mass is 253 g/mol. The van der Waals surface area contributed by atoms with Crippen molar-refractivity contribution >= 4 is 16.7 Å². The lowest BCUT2D eigenvalue weighted by Gasteiger charge is -2.13. The maximum Gasteiger partial charge on any atom is 0.223 e. The molecule has 1 aliphatic heterocycles. The van der Waals surface area contributed by atoms with E-state index in [4.69, 9.17) is 9.15 Å². The van der Waals surface area contributed by atoms with Gasteiger partial charge in [-0.1, -0.05) is 12.1 Å². The Bertz CT molecular complexity index is 679. The van der Waals surface area contributed by atoms with E-state index < -0.39 is 0 Å². The highest BCUT2D eigenvalue weighted by Gasteiger charge is 2.12. The quantitative estimate of drug-likeness (QED) is 0.753. The second-order valence-corrected chi connectivity index (χ2v) is 4.68. The minimum absolute atomic E-state index is 0.659. The molecule has 3 nitrogen and oxygen atoms in total. The third-order valence-corrected chi connectivity index (χ3v) is 3.09. The SMILES string of the molecule is CC1=CC(=C(C)c2nc3ccccc3o2)C=C(C)O1. The average molecular weight is 253 g/mol. The molecule has 96 valence electrons. The van der Waals surface area contributed by atoms with Gasteiger partial charge in [-0.05, 0) is 50.6 Å². The largest absolute Gasteiger partial charge is 0.467 e. The molecule has 0 spiro atoms. The van der Waals surface area contributed by atoms with Crippen molar-refractivity contribution in [3.63, 3.8) is 0 Å². The van der Waals surface area contributed by atoms with E-state index >= 15 is 0 Å². The van der Waals surface area contributed by atoms with Crippen LogP contribution in [0.5, 0.6) is 0 Å². The first-order chi connectivity index (χ1) is 9.13. The van der Waals surface area contributed by atoms with E-state index in [-0.39, 0.29) is 0 Å². The summed E-state index contributed by atoms with van der Waals surface area (Å²) in [5.74, 6) is 2.42. The molecule has 0 saturated heterocycles. The summed E-state index contributed by atoms with van der Waals surface area (Å²) in [7, 11) is 0. The fourth-order valence-electron chi connectivity index (χ4n) is 2.17. The zero-order valence-electron chi connectivity index (χ0n) is 11.2. The molecule has 3 rings (SSSR count). The number of nitrogens with zero attached hydrogens (tertiary/aromatic N) is 1. The van der Waals surface area contributed by atoms with Crippen LogP contribution in [-0.4, -0.2) is 4.98 Å². The van der Waals surface area contributed by atoms with Crippen LogP contribution in [0.25, 0.3) is 16.7 Å². The molecular weight excluding hydrogens is 238 g/mol. The van der Waals surface area contributed by atoms with E-state index in [0.717, 1.165) is 33.8 Å². The summed E-state index contributed by atoms with van der Waals surface area (Å²) < 4.78 is 11.3. The van der Waals surface area contributed by atoms with Crippen molar-refractivity contribution in [2.75, 3.05) is 0 Å². The Balaban J connectivity index is 2.12. The number of benzene rings is 1. The van der Waals surface area contributed by atoms with Gasteiger partial charge in [-0.25, -0.2) is 4.98 Å². The van der Waals surface area contributed by atoms with E-state index in [0.29, 0.717) is 5.89 Å². The van der Waals surface area contributed by atoms with Crippen LogP contribution in [0.4, 0.5) is 0 Å². The van der Waals surface area contributed by atoms with Crippen LogP contribution in [0, 0.1) is 0 Å². The third-order valence-electron chi connectivity index (χ3n) is 3.09. The van der Waals surface area contributed by atoms with Gasteiger partial charge < -0.3 is 9.15 Å². The lowest BCUT2D eigenvalue weighted by Crippen LogP contribution is -1.96. The minimum atomic E-state index is 0.659. The van der Waals surface area contributed by atoms with E-state index in [9.17, 15) is 0 Å². The van der Waals surface area contributed by atoms with E-state index in [1.165, 1.54) is 0 Å². The number of aromatic nitrogens is 1. The molecule has 0 radical (unpaired) electrons. The Morgan fingerprint density at radius 3 is 2.42 bits per heavy atom. The average Bonchev–Trinajstić information content (AvgIpc) is 2.80. The Kier molecular flexibility index (Phi) is 2.75. The molecule has 0 aliphatic carbocycles. The van der Waals surface area contributed by atoms with Gasteiger partial charge in [-0.3, -0.25) is 0 Å².